The van der Waals surface area contributed by atoms with E-state index in [9.17, 15) is 9.59 Å². The van der Waals surface area contributed by atoms with E-state index < -0.39 is 0 Å². The SMILES string of the molecule is CCNC(=NCCC(=O)Nc1ccc(C)cn1)N1CC(C)C(C(=O)OC)C1.I. The fraction of sp³-hybridized carbons (Fsp3) is 0.579. The minimum Gasteiger partial charge on any atom is -0.469 e. The van der Waals surface area contributed by atoms with Gasteiger partial charge in [0.25, 0.3) is 0 Å². The highest BCUT2D eigenvalue weighted by Gasteiger charge is 2.36. The van der Waals surface area contributed by atoms with Gasteiger partial charge in [0, 0.05) is 32.3 Å². The molecule has 1 aromatic rings. The number of nitrogens with zero attached hydrogens (tertiary/aromatic N) is 3. The molecule has 2 heterocycles. The number of ether oxygens (including phenoxy) is 1. The number of rotatable bonds is 6. The van der Waals surface area contributed by atoms with Crippen LogP contribution in [0.25, 0.3) is 0 Å². The summed E-state index contributed by atoms with van der Waals surface area (Å²) in [5.74, 6) is 0.971. The molecule has 0 radical (unpaired) electrons. The van der Waals surface area contributed by atoms with Crippen molar-refractivity contribution in [1.82, 2.24) is 15.2 Å². The number of esters is 1. The van der Waals surface area contributed by atoms with Gasteiger partial charge in [0.2, 0.25) is 5.91 Å². The lowest BCUT2D eigenvalue weighted by molar-refractivity contribution is -0.146. The second-order valence-corrected chi connectivity index (χ2v) is 6.77. The van der Waals surface area contributed by atoms with Crippen LogP contribution in [0.5, 0.6) is 0 Å². The molecule has 2 rings (SSSR count). The van der Waals surface area contributed by atoms with Crippen molar-refractivity contribution in [3.8, 4) is 0 Å². The fourth-order valence-corrected chi connectivity index (χ4v) is 3.03. The largest absolute Gasteiger partial charge is 0.469 e. The Hall–Kier alpha value is -1.91. The maximum atomic E-state index is 12.1. The number of carbonyl (C=O) groups excluding carboxylic acids is 2. The summed E-state index contributed by atoms with van der Waals surface area (Å²) in [6.45, 7) is 8.33. The van der Waals surface area contributed by atoms with E-state index in [2.05, 4.69) is 25.5 Å². The van der Waals surface area contributed by atoms with Gasteiger partial charge in [-0.05, 0) is 31.4 Å². The van der Waals surface area contributed by atoms with Gasteiger partial charge in [-0.1, -0.05) is 13.0 Å². The molecule has 0 aromatic carbocycles. The summed E-state index contributed by atoms with van der Waals surface area (Å²) in [5.41, 5.74) is 1.04. The monoisotopic (exact) mass is 503 g/mol. The minimum absolute atomic E-state index is 0. The van der Waals surface area contributed by atoms with Crippen LogP contribution in [0.4, 0.5) is 5.82 Å². The smallest absolute Gasteiger partial charge is 0.310 e. The van der Waals surface area contributed by atoms with Gasteiger partial charge in [0.1, 0.15) is 5.82 Å². The third-order valence-corrected chi connectivity index (χ3v) is 4.53. The Morgan fingerprint density at radius 3 is 2.71 bits per heavy atom. The Labute approximate surface area is 183 Å². The Balaban J connectivity index is 0.00000392. The maximum absolute atomic E-state index is 12.1. The van der Waals surface area contributed by atoms with Crippen molar-refractivity contribution in [2.45, 2.75) is 27.2 Å². The summed E-state index contributed by atoms with van der Waals surface area (Å²) >= 11 is 0. The number of halogens is 1. The molecule has 0 saturated carbocycles. The van der Waals surface area contributed by atoms with Crippen molar-refractivity contribution in [2.75, 3.05) is 38.6 Å². The zero-order valence-corrected chi connectivity index (χ0v) is 19.2. The van der Waals surface area contributed by atoms with E-state index in [4.69, 9.17) is 4.74 Å². The van der Waals surface area contributed by atoms with Gasteiger partial charge < -0.3 is 20.3 Å². The zero-order valence-electron chi connectivity index (χ0n) is 16.9. The number of anilines is 1. The fourth-order valence-electron chi connectivity index (χ4n) is 3.03. The molecule has 0 aliphatic carbocycles. The molecular formula is C19H30IN5O3. The quantitative estimate of drug-likeness (QED) is 0.267. The number of methoxy groups -OCH3 is 1. The number of aliphatic imine (C=N–C) groups is 1. The first-order valence-electron chi connectivity index (χ1n) is 9.28. The first-order valence-corrected chi connectivity index (χ1v) is 9.28. The van der Waals surface area contributed by atoms with Crippen molar-refractivity contribution in [3.05, 3.63) is 23.9 Å². The molecule has 1 fully saturated rings. The molecule has 0 bridgehead atoms. The molecule has 2 N–H and O–H groups in total. The normalized spacial score (nSPS) is 19.0. The first-order chi connectivity index (χ1) is 12.9. The lowest BCUT2D eigenvalue weighted by Crippen LogP contribution is -2.40. The highest BCUT2D eigenvalue weighted by molar-refractivity contribution is 14.0. The van der Waals surface area contributed by atoms with Crippen molar-refractivity contribution in [3.63, 3.8) is 0 Å². The third-order valence-electron chi connectivity index (χ3n) is 4.53. The Kier molecular flexibility index (Phi) is 10.2. The number of guanidine groups is 1. The van der Waals surface area contributed by atoms with Gasteiger partial charge in [-0.15, -0.1) is 24.0 Å². The molecule has 9 heteroatoms. The second kappa shape index (κ2) is 11.8. The van der Waals surface area contributed by atoms with Gasteiger partial charge in [0.15, 0.2) is 5.96 Å². The zero-order chi connectivity index (χ0) is 19.8. The molecular weight excluding hydrogens is 473 g/mol. The van der Waals surface area contributed by atoms with E-state index in [0.29, 0.717) is 25.5 Å². The van der Waals surface area contributed by atoms with Gasteiger partial charge in [-0.3, -0.25) is 14.6 Å². The lowest BCUT2D eigenvalue weighted by atomic mass is 9.99. The second-order valence-electron chi connectivity index (χ2n) is 6.77. The summed E-state index contributed by atoms with van der Waals surface area (Å²) in [4.78, 5) is 34.7. The van der Waals surface area contributed by atoms with Crippen LogP contribution >= 0.6 is 24.0 Å². The van der Waals surface area contributed by atoms with E-state index >= 15 is 0 Å². The molecule has 1 aliphatic heterocycles. The minimum atomic E-state index is -0.189. The van der Waals surface area contributed by atoms with Crippen LogP contribution in [0.15, 0.2) is 23.3 Å². The molecule has 1 amide bonds. The number of hydrogen-bond acceptors (Lipinski definition) is 5. The molecule has 8 nitrogen and oxygen atoms in total. The predicted octanol–water partition coefficient (Wildman–Crippen LogP) is 2.04. The number of likely N-dealkylation sites (tertiary alicyclic amines) is 1. The standard InChI is InChI=1S/C19H29N5O3.HI/c1-5-20-19(24-11-14(3)15(12-24)18(26)27-4)21-9-8-17(25)23-16-7-6-13(2)10-22-16;/h6-7,10,14-15H,5,8-9,11-12H2,1-4H3,(H,20,21)(H,22,23,25);1H. The van der Waals surface area contributed by atoms with Crippen molar-refractivity contribution in [2.24, 2.45) is 16.8 Å². The Bertz CT molecular complexity index is 681. The molecule has 1 saturated heterocycles. The summed E-state index contributed by atoms with van der Waals surface area (Å²) < 4.78 is 4.88. The number of aromatic nitrogens is 1. The van der Waals surface area contributed by atoms with Crippen molar-refractivity contribution < 1.29 is 14.3 Å². The number of nitrogens with one attached hydrogen (secondary N) is 2. The van der Waals surface area contributed by atoms with E-state index in [1.165, 1.54) is 7.11 Å². The van der Waals surface area contributed by atoms with Crippen LogP contribution < -0.4 is 10.6 Å². The van der Waals surface area contributed by atoms with E-state index in [0.717, 1.165) is 18.1 Å². The predicted molar refractivity (Wildman–Crippen MR) is 120 cm³/mol. The molecule has 2 atom stereocenters. The summed E-state index contributed by atoms with van der Waals surface area (Å²) in [6, 6.07) is 3.68. The van der Waals surface area contributed by atoms with Crippen molar-refractivity contribution in [1.29, 1.82) is 0 Å². The third kappa shape index (κ3) is 6.92. The van der Waals surface area contributed by atoms with E-state index in [1.807, 2.05) is 26.8 Å². The molecule has 28 heavy (non-hydrogen) atoms. The highest BCUT2D eigenvalue weighted by atomic mass is 127. The Morgan fingerprint density at radius 1 is 1.36 bits per heavy atom. The van der Waals surface area contributed by atoms with Crippen LogP contribution in [-0.2, 0) is 14.3 Å². The van der Waals surface area contributed by atoms with E-state index in [-0.39, 0.29) is 54.1 Å². The Morgan fingerprint density at radius 2 is 2.11 bits per heavy atom. The molecule has 1 aromatic heterocycles. The van der Waals surface area contributed by atoms with E-state index in [1.54, 1.807) is 12.3 Å². The van der Waals surface area contributed by atoms with Crippen LogP contribution in [0, 0.1) is 18.8 Å². The topological polar surface area (TPSA) is 95.9 Å². The average Bonchev–Trinajstić information content (AvgIpc) is 3.04. The van der Waals surface area contributed by atoms with Crippen LogP contribution in [0.3, 0.4) is 0 Å². The number of pyridine rings is 1. The number of hydrogen-bond donors (Lipinski definition) is 2. The van der Waals surface area contributed by atoms with Gasteiger partial charge in [-0.25, -0.2) is 4.98 Å². The summed E-state index contributed by atoms with van der Waals surface area (Å²) in [5, 5.41) is 6.00. The summed E-state index contributed by atoms with van der Waals surface area (Å²) in [7, 11) is 1.42. The highest BCUT2D eigenvalue weighted by Crippen LogP contribution is 2.24. The number of amides is 1. The van der Waals surface area contributed by atoms with Crippen LogP contribution in [-0.4, -0.2) is 61.0 Å². The summed E-state index contributed by atoms with van der Waals surface area (Å²) in [6.07, 6.45) is 1.97. The average molecular weight is 503 g/mol. The molecule has 156 valence electrons. The van der Waals surface area contributed by atoms with Crippen molar-refractivity contribution >= 4 is 47.6 Å². The molecule has 0 spiro atoms. The van der Waals surface area contributed by atoms with Gasteiger partial charge in [-0.2, -0.15) is 0 Å². The maximum Gasteiger partial charge on any atom is 0.310 e. The van der Waals surface area contributed by atoms with Crippen LogP contribution in [0.1, 0.15) is 25.8 Å². The first kappa shape index (κ1) is 24.1. The van der Waals surface area contributed by atoms with Gasteiger partial charge >= 0.3 is 5.97 Å². The lowest BCUT2D eigenvalue weighted by Gasteiger charge is -2.21. The van der Waals surface area contributed by atoms with Crippen LogP contribution in [0.2, 0.25) is 0 Å². The van der Waals surface area contributed by atoms with Gasteiger partial charge in [0.05, 0.1) is 19.6 Å². The number of aryl methyl sites for hydroxylation is 1. The molecule has 1 aliphatic rings. The molecule has 2 unspecified atom stereocenters. The number of carbonyl (C=O) groups is 2.